The molecule has 0 aliphatic carbocycles. The van der Waals surface area contributed by atoms with Crippen LogP contribution in [0.2, 0.25) is 0 Å². The molecule has 3 rings (SSSR count). The number of aryl methyl sites for hydroxylation is 2. The van der Waals surface area contributed by atoms with Crippen LogP contribution in [0.3, 0.4) is 0 Å². The van der Waals surface area contributed by atoms with Gasteiger partial charge in [-0.15, -0.1) is 0 Å². The van der Waals surface area contributed by atoms with Crippen molar-refractivity contribution in [1.29, 1.82) is 0 Å². The van der Waals surface area contributed by atoms with Crippen molar-refractivity contribution in [1.82, 2.24) is 19.7 Å². The van der Waals surface area contributed by atoms with Crippen LogP contribution in [0.15, 0.2) is 24.4 Å². The Hall–Kier alpha value is -2.37. The quantitative estimate of drug-likeness (QED) is 0.867. The molecule has 1 aliphatic heterocycles. The van der Waals surface area contributed by atoms with Gasteiger partial charge >= 0.3 is 0 Å². The second-order valence-electron chi connectivity index (χ2n) is 6.40. The first-order chi connectivity index (χ1) is 10.9. The van der Waals surface area contributed by atoms with E-state index in [1.165, 1.54) is 0 Å². The summed E-state index contributed by atoms with van der Waals surface area (Å²) < 4.78 is 1.66. The standard InChI is InChI=1S/C17H23N5O/c1-12-9-14(20(2)3)10-16(18-12)13-5-8-22(11-13)17(23)15-6-7-21(4)19-15/h6-7,9-10,13H,5,8,11H2,1-4H3. The van der Waals surface area contributed by atoms with Crippen LogP contribution in [0.5, 0.6) is 0 Å². The first-order valence-corrected chi connectivity index (χ1v) is 7.89. The van der Waals surface area contributed by atoms with E-state index >= 15 is 0 Å². The number of carbonyl (C=O) groups is 1. The highest BCUT2D eigenvalue weighted by atomic mass is 16.2. The maximum Gasteiger partial charge on any atom is 0.274 e. The van der Waals surface area contributed by atoms with Gasteiger partial charge in [0.1, 0.15) is 5.69 Å². The fourth-order valence-electron chi connectivity index (χ4n) is 3.02. The smallest absolute Gasteiger partial charge is 0.274 e. The van der Waals surface area contributed by atoms with Gasteiger partial charge in [-0.3, -0.25) is 14.5 Å². The lowest BCUT2D eigenvalue weighted by Crippen LogP contribution is -2.29. The van der Waals surface area contributed by atoms with Gasteiger partial charge in [-0.05, 0) is 31.5 Å². The molecule has 122 valence electrons. The van der Waals surface area contributed by atoms with Gasteiger partial charge in [0.05, 0.1) is 0 Å². The van der Waals surface area contributed by atoms with E-state index in [1.54, 1.807) is 16.9 Å². The summed E-state index contributed by atoms with van der Waals surface area (Å²) in [7, 11) is 5.89. The maximum absolute atomic E-state index is 12.5. The van der Waals surface area contributed by atoms with Crippen LogP contribution in [0.4, 0.5) is 5.69 Å². The van der Waals surface area contributed by atoms with Crippen molar-refractivity contribution < 1.29 is 4.79 Å². The predicted molar refractivity (Wildman–Crippen MR) is 89.8 cm³/mol. The third kappa shape index (κ3) is 3.21. The van der Waals surface area contributed by atoms with Crippen LogP contribution in [-0.4, -0.2) is 52.8 Å². The van der Waals surface area contributed by atoms with Gasteiger partial charge in [0, 0.05) is 63.4 Å². The molecule has 1 unspecified atom stereocenters. The van der Waals surface area contributed by atoms with Crippen molar-refractivity contribution in [2.45, 2.75) is 19.3 Å². The van der Waals surface area contributed by atoms with Crippen molar-refractivity contribution in [3.05, 3.63) is 41.5 Å². The molecule has 0 radical (unpaired) electrons. The minimum absolute atomic E-state index is 0.00795. The third-order valence-corrected chi connectivity index (χ3v) is 4.30. The summed E-state index contributed by atoms with van der Waals surface area (Å²) in [6.45, 7) is 3.48. The van der Waals surface area contributed by atoms with Crippen LogP contribution in [-0.2, 0) is 7.05 Å². The van der Waals surface area contributed by atoms with Gasteiger partial charge in [0.25, 0.3) is 5.91 Å². The van der Waals surface area contributed by atoms with Crippen molar-refractivity contribution in [3.8, 4) is 0 Å². The van der Waals surface area contributed by atoms with Gasteiger partial charge in [-0.2, -0.15) is 5.10 Å². The van der Waals surface area contributed by atoms with E-state index in [1.807, 2.05) is 33.0 Å². The Kier molecular flexibility index (Phi) is 4.07. The van der Waals surface area contributed by atoms with Crippen molar-refractivity contribution >= 4 is 11.6 Å². The number of likely N-dealkylation sites (tertiary alicyclic amines) is 1. The van der Waals surface area contributed by atoms with E-state index in [-0.39, 0.29) is 5.91 Å². The molecule has 1 atom stereocenters. The summed E-state index contributed by atoms with van der Waals surface area (Å²) in [5.41, 5.74) is 3.76. The molecule has 0 saturated carbocycles. The van der Waals surface area contributed by atoms with Crippen molar-refractivity contribution in [2.75, 3.05) is 32.1 Å². The average Bonchev–Trinajstić information content (AvgIpc) is 3.15. The molecule has 2 aromatic rings. The van der Waals surface area contributed by atoms with E-state index in [0.717, 1.165) is 30.0 Å². The van der Waals surface area contributed by atoms with Crippen molar-refractivity contribution in [3.63, 3.8) is 0 Å². The molecule has 3 heterocycles. The zero-order valence-corrected chi connectivity index (χ0v) is 14.2. The van der Waals surface area contributed by atoms with E-state index in [0.29, 0.717) is 18.2 Å². The molecule has 6 nitrogen and oxygen atoms in total. The van der Waals surface area contributed by atoms with E-state index in [9.17, 15) is 4.79 Å². The first kappa shape index (κ1) is 15.5. The summed E-state index contributed by atoms with van der Waals surface area (Å²) in [4.78, 5) is 21.2. The minimum Gasteiger partial charge on any atom is -0.378 e. The summed E-state index contributed by atoms with van der Waals surface area (Å²) in [6.07, 6.45) is 2.74. The second-order valence-corrected chi connectivity index (χ2v) is 6.40. The van der Waals surface area contributed by atoms with E-state index in [2.05, 4.69) is 27.1 Å². The maximum atomic E-state index is 12.5. The molecule has 23 heavy (non-hydrogen) atoms. The molecule has 6 heteroatoms. The zero-order valence-electron chi connectivity index (χ0n) is 14.2. The van der Waals surface area contributed by atoms with Crippen LogP contribution < -0.4 is 4.90 Å². The lowest BCUT2D eigenvalue weighted by molar-refractivity contribution is 0.0784. The van der Waals surface area contributed by atoms with Gasteiger partial charge in [0.15, 0.2) is 0 Å². The predicted octanol–water partition coefficient (Wildman–Crippen LogP) is 1.82. The summed E-state index contributed by atoms with van der Waals surface area (Å²) in [5, 5.41) is 4.21. The summed E-state index contributed by atoms with van der Waals surface area (Å²) in [6, 6.07) is 5.98. The fourth-order valence-corrected chi connectivity index (χ4v) is 3.02. The number of nitrogens with zero attached hydrogens (tertiary/aromatic N) is 5. The largest absolute Gasteiger partial charge is 0.378 e. The topological polar surface area (TPSA) is 54.3 Å². The molecule has 0 spiro atoms. The van der Waals surface area contributed by atoms with Gasteiger partial charge in [-0.1, -0.05) is 0 Å². The highest BCUT2D eigenvalue weighted by Gasteiger charge is 2.30. The molecule has 0 N–H and O–H groups in total. The van der Waals surface area contributed by atoms with Crippen molar-refractivity contribution in [2.24, 2.45) is 7.05 Å². The molecule has 1 saturated heterocycles. The van der Waals surface area contributed by atoms with E-state index < -0.39 is 0 Å². The number of hydrogen-bond acceptors (Lipinski definition) is 4. The summed E-state index contributed by atoms with van der Waals surface area (Å²) in [5.74, 6) is 0.301. The molecular weight excluding hydrogens is 290 g/mol. The third-order valence-electron chi connectivity index (χ3n) is 4.30. The number of pyridine rings is 1. The minimum atomic E-state index is 0.00795. The number of amides is 1. The van der Waals surface area contributed by atoms with Crippen LogP contribution in [0.25, 0.3) is 0 Å². The highest BCUT2D eigenvalue weighted by Crippen LogP contribution is 2.29. The lowest BCUT2D eigenvalue weighted by Gasteiger charge is -2.18. The molecular formula is C17H23N5O. The molecule has 1 fully saturated rings. The van der Waals surface area contributed by atoms with E-state index in [4.69, 9.17) is 0 Å². The summed E-state index contributed by atoms with van der Waals surface area (Å²) >= 11 is 0. The number of carbonyl (C=O) groups excluding carboxylic acids is 1. The molecule has 2 aromatic heterocycles. The van der Waals surface area contributed by atoms with Gasteiger partial charge in [-0.25, -0.2) is 0 Å². The Morgan fingerprint density at radius 1 is 1.35 bits per heavy atom. The van der Waals surface area contributed by atoms with Crippen LogP contribution in [0, 0.1) is 6.92 Å². The number of anilines is 1. The second kappa shape index (κ2) is 6.02. The number of aromatic nitrogens is 3. The van der Waals surface area contributed by atoms with Gasteiger partial charge < -0.3 is 9.80 Å². The molecule has 1 aliphatic rings. The first-order valence-electron chi connectivity index (χ1n) is 7.89. The number of hydrogen-bond donors (Lipinski definition) is 0. The Labute approximate surface area is 136 Å². The molecule has 0 aromatic carbocycles. The SMILES string of the molecule is Cc1cc(N(C)C)cc(C2CCN(C(=O)c3ccn(C)n3)C2)n1. The Morgan fingerprint density at radius 2 is 2.13 bits per heavy atom. The average molecular weight is 313 g/mol. The lowest BCUT2D eigenvalue weighted by atomic mass is 10.0. The monoisotopic (exact) mass is 313 g/mol. The Morgan fingerprint density at radius 3 is 2.78 bits per heavy atom. The number of rotatable bonds is 3. The van der Waals surface area contributed by atoms with Crippen LogP contribution in [0.1, 0.15) is 34.2 Å². The van der Waals surface area contributed by atoms with Gasteiger partial charge in [0.2, 0.25) is 0 Å². The molecule has 1 amide bonds. The Balaban J connectivity index is 1.76. The highest BCUT2D eigenvalue weighted by molar-refractivity contribution is 5.92. The fraction of sp³-hybridized carbons (Fsp3) is 0.471. The normalized spacial score (nSPS) is 17.6. The Bertz CT molecular complexity index is 722. The zero-order chi connectivity index (χ0) is 16.6. The van der Waals surface area contributed by atoms with Crippen LogP contribution >= 0.6 is 0 Å². The molecule has 0 bridgehead atoms.